The Kier molecular flexibility index (Phi) is 3.87. The average Bonchev–Trinajstić information content (AvgIpc) is 3.10. The third-order valence-electron chi connectivity index (χ3n) is 5.17. The van der Waals surface area contributed by atoms with E-state index in [1.54, 1.807) is 0 Å². The summed E-state index contributed by atoms with van der Waals surface area (Å²) in [6.45, 7) is 2.76. The first kappa shape index (κ1) is 16.0. The van der Waals surface area contributed by atoms with Crippen molar-refractivity contribution in [2.45, 2.75) is 19.5 Å². The molecule has 0 saturated heterocycles. The number of aromatic amines is 1. The van der Waals surface area contributed by atoms with E-state index >= 15 is 0 Å². The van der Waals surface area contributed by atoms with Crippen molar-refractivity contribution in [3.63, 3.8) is 0 Å². The summed E-state index contributed by atoms with van der Waals surface area (Å²) < 4.78 is 0. The number of rotatable bonds is 3. The SMILES string of the molecule is Nc1ccc(-c2ncc3c(n2)CN(Cc2cc4ccccc4[nH]2)CC3)cc1. The van der Waals surface area contributed by atoms with Gasteiger partial charge in [-0.15, -0.1) is 0 Å². The highest BCUT2D eigenvalue weighted by Crippen LogP contribution is 2.23. The van der Waals surface area contributed by atoms with Crippen LogP contribution in [0.5, 0.6) is 0 Å². The van der Waals surface area contributed by atoms with Gasteiger partial charge in [0.15, 0.2) is 5.82 Å². The van der Waals surface area contributed by atoms with Crippen molar-refractivity contribution in [1.82, 2.24) is 19.9 Å². The molecule has 0 bridgehead atoms. The molecule has 0 spiro atoms. The van der Waals surface area contributed by atoms with Crippen molar-refractivity contribution in [3.8, 4) is 11.4 Å². The lowest BCUT2D eigenvalue weighted by Gasteiger charge is -2.27. The maximum atomic E-state index is 5.78. The smallest absolute Gasteiger partial charge is 0.159 e. The molecule has 0 amide bonds. The molecule has 5 rings (SSSR count). The van der Waals surface area contributed by atoms with Gasteiger partial charge in [-0.3, -0.25) is 4.90 Å². The van der Waals surface area contributed by atoms with Crippen LogP contribution in [0.15, 0.2) is 60.8 Å². The summed E-state index contributed by atoms with van der Waals surface area (Å²) in [6.07, 6.45) is 2.96. The molecular formula is C22H21N5. The highest BCUT2D eigenvalue weighted by Gasteiger charge is 2.19. The number of nitrogens with zero attached hydrogens (tertiary/aromatic N) is 3. The predicted molar refractivity (Wildman–Crippen MR) is 108 cm³/mol. The fourth-order valence-corrected chi connectivity index (χ4v) is 3.72. The number of aromatic nitrogens is 3. The van der Waals surface area contributed by atoms with E-state index in [9.17, 15) is 0 Å². The summed E-state index contributed by atoms with van der Waals surface area (Å²) in [5.74, 6) is 0.765. The molecule has 1 aliphatic heterocycles. The molecule has 2 aromatic heterocycles. The van der Waals surface area contributed by atoms with Crippen LogP contribution in [0.3, 0.4) is 0 Å². The number of benzene rings is 2. The Morgan fingerprint density at radius 2 is 1.93 bits per heavy atom. The maximum absolute atomic E-state index is 5.78. The van der Waals surface area contributed by atoms with Crippen molar-refractivity contribution in [2.75, 3.05) is 12.3 Å². The van der Waals surface area contributed by atoms with Gasteiger partial charge in [-0.2, -0.15) is 0 Å². The van der Waals surface area contributed by atoms with Gasteiger partial charge >= 0.3 is 0 Å². The van der Waals surface area contributed by atoms with Crippen molar-refractivity contribution in [2.24, 2.45) is 0 Å². The first-order chi connectivity index (χ1) is 13.2. The Morgan fingerprint density at radius 3 is 2.78 bits per heavy atom. The highest BCUT2D eigenvalue weighted by atomic mass is 15.1. The van der Waals surface area contributed by atoms with Crippen LogP contribution >= 0.6 is 0 Å². The molecule has 2 aromatic carbocycles. The number of para-hydroxylation sites is 1. The average molecular weight is 355 g/mol. The van der Waals surface area contributed by atoms with Crippen LogP contribution in [-0.4, -0.2) is 26.4 Å². The van der Waals surface area contributed by atoms with Gasteiger partial charge < -0.3 is 10.7 Å². The lowest BCUT2D eigenvalue weighted by Crippen LogP contribution is -2.31. The van der Waals surface area contributed by atoms with E-state index in [0.29, 0.717) is 0 Å². The quantitative estimate of drug-likeness (QED) is 0.549. The zero-order chi connectivity index (χ0) is 18.2. The minimum absolute atomic E-state index is 0.751. The number of fused-ring (bicyclic) bond motifs is 2. The van der Waals surface area contributed by atoms with Crippen LogP contribution in [0.1, 0.15) is 17.0 Å². The summed E-state index contributed by atoms with van der Waals surface area (Å²) in [6, 6.07) is 18.4. The predicted octanol–water partition coefficient (Wildman–Crippen LogP) is 3.77. The number of hydrogen-bond donors (Lipinski definition) is 2. The number of hydrogen-bond acceptors (Lipinski definition) is 4. The van der Waals surface area contributed by atoms with E-state index in [-0.39, 0.29) is 0 Å². The normalized spacial score (nSPS) is 14.4. The van der Waals surface area contributed by atoms with Gasteiger partial charge in [-0.05, 0) is 53.8 Å². The standard InChI is InChI=1S/C22H21N5/c23-18-7-5-15(6-8-18)22-24-12-17-9-10-27(14-21(17)26-22)13-19-11-16-3-1-2-4-20(16)25-19/h1-8,11-12,25H,9-10,13-14,23H2. The van der Waals surface area contributed by atoms with E-state index in [2.05, 4.69) is 45.2 Å². The molecule has 5 nitrogen and oxygen atoms in total. The van der Waals surface area contributed by atoms with Gasteiger partial charge in [0, 0.05) is 48.3 Å². The lowest BCUT2D eigenvalue weighted by molar-refractivity contribution is 0.239. The monoisotopic (exact) mass is 355 g/mol. The van der Waals surface area contributed by atoms with E-state index < -0.39 is 0 Å². The Labute approximate surface area is 157 Å². The molecule has 134 valence electrons. The van der Waals surface area contributed by atoms with Crippen LogP contribution in [0.2, 0.25) is 0 Å². The second kappa shape index (κ2) is 6.52. The molecule has 0 atom stereocenters. The molecule has 3 N–H and O–H groups in total. The Balaban J connectivity index is 1.38. The molecule has 5 heteroatoms. The van der Waals surface area contributed by atoms with Gasteiger partial charge in [0.05, 0.1) is 5.69 Å². The van der Waals surface area contributed by atoms with Crippen LogP contribution in [-0.2, 0) is 19.5 Å². The van der Waals surface area contributed by atoms with Crippen LogP contribution in [0.4, 0.5) is 5.69 Å². The van der Waals surface area contributed by atoms with E-state index in [4.69, 9.17) is 10.7 Å². The fourth-order valence-electron chi connectivity index (χ4n) is 3.72. The van der Waals surface area contributed by atoms with Crippen LogP contribution < -0.4 is 5.73 Å². The molecule has 27 heavy (non-hydrogen) atoms. The van der Waals surface area contributed by atoms with Crippen LogP contribution in [0, 0.1) is 0 Å². The van der Waals surface area contributed by atoms with Gasteiger partial charge in [0.25, 0.3) is 0 Å². The maximum Gasteiger partial charge on any atom is 0.159 e. The molecule has 0 radical (unpaired) electrons. The van der Waals surface area contributed by atoms with Crippen molar-refractivity contribution in [3.05, 3.63) is 77.7 Å². The number of anilines is 1. The molecule has 0 fully saturated rings. The molecule has 3 heterocycles. The van der Waals surface area contributed by atoms with Crippen LogP contribution in [0.25, 0.3) is 22.3 Å². The third kappa shape index (κ3) is 3.17. The number of H-pyrrole nitrogens is 1. The second-order valence-corrected chi connectivity index (χ2v) is 7.13. The summed E-state index contributed by atoms with van der Waals surface area (Å²) in [5.41, 5.74) is 12.3. The van der Waals surface area contributed by atoms with Gasteiger partial charge in [-0.1, -0.05) is 18.2 Å². The number of nitrogen functional groups attached to an aromatic ring is 1. The first-order valence-electron chi connectivity index (χ1n) is 9.24. The molecule has 0 unspecified atom stereocenters. The summed E-state index contributed by atoms with van der Waals surface area (Å²) in [7, 11) is 0. The topological polar surface area (TPSA) is 70.8 Å². The van der Waals surface area contributed by atoms with Gasteiger partial charge in [0.2, 0.25) is 0 Å². The molecular weight excluding hydrogens is 334 g/mol. The minimum atomic E-state index is 0.751. The van der Waals surface area contributed by atoms with Crippen molar-refractivity contribution < 1.29 is 0 Å². The zero-order valence-corrected chi connectivity index (χ0v) is 15.0. The number of nitrogens with two attached hydrogens (primary N) is 1. The highest BCUT2D eigenvalue weighted by molar-refractivity contribution is 5.80. The van der Waals surface area contributed by atoms with E-state index in [1.165, 1.54) is 22.2 Å². The molecule has 1 aliphatic rings. The third-order valence-corrected chi connectivity index (χ3v) is 5.17. The van der Waals surface area contributed by atoms with Crippen molar-refractivity contribution >= 4 is 16.6 Å². The Morgan fingerprint density at radius 1 is 1.07 bits per heavy atom. The number of nitrogens with one attached hydrogen (secondary N) is 1. The first-order valence-corrected chi connectivity index (χ1v) is 9.24. The Hall–Kier alpha value is -3.18. The largest absolute Gasteiger partial charge is 0.399 e. The summed E-state index contributed by atoms with van der Waals surface area (Å²) in [5, 5.41) is 1.26. The zero-order valence-electron chi connectivity index (χ0n) is 15.0. The molecule has 0 aliphatic carbocycles. The van der Waals surface area contributed by atoms with Crippen molar-refractivity contribution in [1.29, 1.82) is 0 Å². The summed E-state index contributed by atoms with van der Waals surface area (Å²) >= 11 is 0. The van der Waals surface area contributed by atoms with E-state index in [1.807, 2.05) is 30.5 Å². The van der Waals surface area contributed by atoms with E-state index in [0.717, 1.165) is 48.8 Å². The molecule has 0 saturated carbocycles. The van der Waals surface area contributed by atoms with Gasteiger partial charge in [-0.25, -0.2) is 9.97 Å². The summed E-state index contributed by atoms with van der Waals surface area (Å²) in [4.78, 5) is 15.4. The minimum Gasteiger partial charge on any atom is -0.399 e. The second-order valence-electron chi connectivity index (χ2n) is 7.13. The van der Waals surface area contributed by atoms with Gasteiger partial charge in [0.1, 0.15) is 0 Å². The Bertz CT molecular complexity index is 1060. The molecule has 4 aromatic rings. The fraction of sp³-hybridized carbons (Fsp3) is 0.182. The lowest BCUT2D eigenvalue weighted by atomic mass is 10.1.